The topological polar surface area (TPSA) is 50.5 Å². The molecular weight excluding hydrogens is 378 g/mol. The lowest BCUT2D eigenvalue weighted by Gasteiger charge is -2.24. The Kier molecular flexibility index (Phi) is 5.89. The van der Waals surface area contributed by atoms with Gasteiger partial charge in [-0.1, -0.05) is 12.1 Å². The third kappa shape index (κ3) is 4.18. The molecule has 0 atom stereocenters. The third-order valence-corrected chi connectivity index (χ3v) is 8.05. The molecule has 0 aliphatic rings. The van der Waals surface area contributed by atoms with Crippen LogP contribution in [0.5, 0.6) is 0 Å². The Morgan fingerprint density at radius 1 is 1.04 bits per heavy atom. The quantitative estimate of drug-likeness (QED) is 0.557. The van der Waals surface area contributed by atoms with Gasteiger partial charge in [-0.15, -0.1) is 11.3 Å². The summed E-state index contributed by atoms with van der Waals surface area (Å²) < 4.78 is 34.3. The highest BCUT2D eigenvalue weighted by molar-refractivity contribution is 7.89. The molecule has 0 saturated carbocycles. The van der Waals surface area contributed by atoms with Gasteiger partial charge in [0.1, 0.15) is 5.76 Å². The van der Waals surface area contributed by atoms with Crippen LogP contribution >= 0.6 is 11.3 Å². The summed E-state index contributed by atoms with van der Waals surface area (Å²) >= 11 is 1.65. The Balaban J connectivity index is 2.01. The van der Waals surface area contributed by atoms with Gasteiger partial charge in [0.25, 0.3) is 0 Å². The van der Waals surface area contributed by atoms with Gasteiger partial charge in [-0.3, -0.25) is 0 Å². The number of benzene rings is 1. The first kappa shape index (κ1) is 19.9. The fraction of sp³-hybridized carbons (Fsp3) is 0.333. The van der Waals surface area contributed by atoms with Crippen LogP contribution in [0, 0.1) is 27.7 Å². The number of furan rings is 1. The summed E-state index contributed by atoms with van der Waals surface area (Å²) in [5.74, 6) is 0.643. The molecule has 0 aliphatic heterocycles. The molecule has 0 fully saturated rings. The molecule has 0 unspecified atom stereocenters. The van der Waals surface area contributed by atoms with Crippen LogP contribution in [-0.4, -0.2) is 19.3 Å². The Morgan fingerprint density at radius 3 is 2.30 bits per heavy atom. The molecule has 3 aromatic rings. The average Bonchev–Trinajstić information content (AvgIpc) is 3.30. The highest BCUT2D eigenvalue weighted by Gasteiger charge is 2.29. The minimum Gasteiger partial charge on any atom is -0.468 e. The van der Waals surface area contributed by atoms with Gasteiger partial charge >= 0.3 is 0 Å². The fourth-order valence-electron chi connectivity index (χ4n) is 3.25. The first-order valence-electron chi connectivity index (χ1n) is 8.93. The zero-order chi connectivity index (χ0) is 19.6. The van der Waals surface area contributed by atoms with E-state index in [0.717, 1.165) is 22.3 Å². The Labute approximate surface area is 165 Å². The molecule has 2 aromatic heterocycles. The maximum atomic E-state index is 13.7. The first-order valence-corrected chi connectivity index (χ1v) is 11.2. The van der Waals surface area contributed by atoms with Crippen molar-refractivity contribution >= 4 is 21.4 Å². The van der Waals surface area contributed by atoms with E-state index < -0.39 is 10.0 Å². The normalized spacial score (nSPS) is 12.0. The molecule has 144 valence electrons. The molecule has 27 heavy (non-hydrogen) atoms. The lowest BCUT2D eigenvalue weighted by Crippen LogP contribution is -2.33. The number of nitrogens with zero attached hydrogens (tertiary/aromatic N) is 1. The largest absolute Gasteiger partial charge is 0.468 e. The standard InChI is InChI=1S/C21H25NO3S2/c1-15-13-16(2)18(4)21(17(15)3)27(23,24)22(14-19-7-5-11-25-19)10-9-20-8-6-12-26-20/h5-8,11-13H,9-10,14H2,1-4H3. The van der Waals surface area contributed by atoms with E-state index in [4.69, 9.17) is 4.42 Å². The van der Waals surface area contributed by atoms with E-state index in [1.807, 2.05) is 57.3 Å². The summed E-state index contributed by atoms with van der Waals surface area (Å²) in [5.41, 5.74) is 3.62. The molecule has 0 aliphatic carbocycles. The van der Waals surface area contributed by atoms with Gasteiger partial charge in [-0.05, 0) is 79.9 Å². The van der Waals surface area contributed by atoms with Crippen molar-refractivity contribution in [1.82, 2.24) is 4.31 Å². The van der Waals surface area contributed by atoms with Crippen LogP contribution in [0.15, 0.2) is 51.3 Å². The van der Waals surface area contributed by atoms with Crippen LogP contribution in [0.4, 0.5) is 0 Å². The van der Waals surface area contributed by atoms with E-state index in [2.05, 4.69) is 0 Å². The second-order valence-corrected chi connectivity index (χ2v) is 9.74. The van der Waals surface area contributed by atoms with Crippen LogP contribution in [0.3, 0.4) is 0 Å². The Morgan fingerprint density at radius 2 is 1.74 bits per heavy atom. The lowest BCUT2D eigenvalue weighted by atomic mass is 10.0. The highest BCUT2D eigenvalue weighted by atomic mass is 32.2. The maximum absolute atomic E-state index is 13.7. The average molecular weight is 404 g/mol. The molecule has 0 saturated heterocycles. The Bertz CT molecular complexity index is 978. The van der Waals surface area contributed by atoms with E-state index in [-0.39, 0.29) is 6.54 Å². The summed E-state index contributed by atoms with van der Waals surface area (Å²) in [6, 6.07) is 9.67. The van der Waals surface area contributed by atoms with E-state index in [9.17, 15) is 8.42 Å². The summed E-state index contributed by atoms with van der Waals surface area (Å²) in [6.45, 7) is 8.34. The van der Waals surface area contributed by atoms with Crippen LogP contribution in [0.2, 0.25) is 0 Å². The van der Waals surface area contributed by atoms with Gasteiger partial charge in [0.15, 0.2) is 0 Å². The summed E-state index contributed by atoms with van der Waals surface area (Å²) in [5, 5.41) is 2.01. The zero-order valence-electron chi connectivity index (χ0n) is 16.2. The molecule has 3 rings (SSSR count). The van der Waals surface area contributed by atoms with Gasteiger partial charge in [-0.2, -0.15) is 4.31 Å². The summed E-state index contributed by atoms with van der Waals surface area (Å²) in [6.07, 6.45) is 2.26. The lowest BCUT2D eigenvalue weighted by molar-refractivity contribution is 0.366. The number of thiophene rings is 1. The van der Waals surface area contributed by atoms with Crippen molar-refractivity contribution in [1.29, 1.82) is 0 Å². The minimum absolute atomic E-state index is 0.229. The first-order chi connectivity index (χ1) is 12.8. The monoisotopic (exact) mass is 403 g/mol. The minimum atomic E-state index is -3.66. The van der Waals surface area contributed by atoms with Gasteiger partial charge in [0.05, 0.1) is 17.7 Å². The predicted molar refractivity (Wildman–Crippen MR) is 110 cm³/mol. The van der Waals surface area contributed by atoms with Gasteiger partial charge in [-0.25, -0.2) is 8.42 Å². The van der Waals surface area contributed by atoms with Crippen molar-refractivity contribution in [2.24, 2.45) is 0 Å². The van der Waals surface area contributed by atoms with E-state index in [1.165, 1.54) is 4.88 Å². The molecule has 2 heterocycles. The van der Waals surface area contributed by atoms with Crippen LogP contribution in [0.1, 0.15) is 32.9 Å². The molecule has 6 heteroatoms. The maximum Gasteiger partial charge on any atom is 0.244 e. The van der Waals surface area contributed by atoms with Crippen molar-refractivity contribution in [2.45, 2.75) is 45.6 Å². The Hall–Kier alpha value is -1.89. The highest BCUT2D eigenvalue weighted by Crippen LogP contribution is 2.30. The molecule has 4 nitrogen and oxygen atoms in total. The van der Waals surface area contributed by atoms with Crippen molar-refractivity contribution in [3.05, 3.63) is 74.9 Å². The number of sulfonamides is 1. The second kappa shape index (κ2) is 8.00. The molecular formula is C21H25NO3S2. The SMILES string of the molecule is Cc1cc(C)c(C)c(S(=O)(=O)N(CCc2cccs2)Cc2ccco2)c1C. The molecule has 0 bridgehead atoms. The third-order valence-electron chi connectivity index (χ3n) is 5.00. The van der Waals surface area contributed by atoms with Crippen LogP contribution in [-0.2, 0) is 23.0 Å². The van der Waals surface area contributed by atoms with Crippen LogP contribution < -0.4 is 0 Å². The number of hydrogen-bond donors (Lipinski definition) is 0. The van der Waals surface area contributed by atoms with E-state index in [0.29, 0.717) is 23.6 Å². The molecule has 0 amide bonds. The van der Waals surface area contributed by atoms with Crippen molar-refractivity contribution in [2.75, 3.05) is 6.54 Å². The predicted octanol–water partition coefficient (Wildman–Crippen LogP) is 5.01. The van der Waals surface area contributed by atoms with Crippen molar-refractivity contribution < 1.29 is 12.8 Å². The zero-order valence-corrected chi connectivity index (χ0v) is 17.8. The molecule has 0 spiro atoms. The number of hydrogen-bond acceptors (Lipinski definition) is 4. The molecule has 1 aromatic carbocycles. The number of aryl methyl sites for hydroxylation is 2. The number of rotatable bonds is 7. The fourth-order valence-corrected chi connectivity index (χ4v) is 5.93. The summed E-state index contributed by atoms with van der Waals surface area (Å²) in [7, 11) is -3.66. The van der Waals surface area contributed by atoms with E-state index in [1.54, 1.807) is 28.0 Å². The molecule has 0 radical (unpaired) electrons. The van der Waals surface area contributed by atoms with Gasteiger partial charge in [0.2, 0.25) is 10.0 Å². The van der Waals surface area contributed by atoms with Crippen LogP contribution in [0.25, 0.3) is 0 Å². The van der Waals surface area contributed by atoms with Crippen molar-refractivity contribution in [3.63, 3.8) is 0 Å². The second-order valence-electron chi connectivity index (χ2n) is 6.84. The molecule has 0 N–H and O–H groups in total. The van der Waals surface area contributed by atoms with Gasteiger partial charge < -0.3 is 4.42 Å². The summed E-state index contributed by atoms with van der Waals surface area (Å²) in [4.78, 5) is 1.60. The smallest absolute Gasteiger partial charge is 0.244 e. The van der Waals surface area contributed by atoms with Gasteiger partial charge in [0, 0.05) is 11.4 Å². The van der Waals surface area contributed by atoms with Crippen molar-refractivity contribution in [3.8, 4) is 0 Å². The van der Waals surface area contributed by atoms with E-state index >= 15 is 0 Å².